The first-order valence-electron chi connectivity index (χ1n) is 4.33. The molecule has 0 saturated heterocycles. The van der Waals surface area contributed by atoms with E-state index >= 15 is 0 Å². The summed E-state index contributed by atoms with van der Waals surface area (Å²) in [4.78, 5) is 16.9. The molecule has 0 aliphatic rings. The number of pyridine rings is 1. The average molecular weight is 189 g/mol. The lowest BCUT2D eigenvalue weighted by Gasteiger charge is -2.14. The van der Waals surface area contributed by atoms with Crippen LogP contribution in [-0.2, 0) is 0 Å². The van der Waals surface area contributed by atoms with Gasteiger partial charge in [0.15, 0.2) is 6.29 Å². The highest BCUT2D eigenvalue weighted by Crippen LogP contribution is 2.15. The van der Waals surface area contributed by atoms with Gasteiger partial charge in [0.2, 0.25) is 0 Å². The Labute approximate surface area is 81.8 Å². The van der Waals surface area contributed by atoms with Crippen LogP contribution in [0.5, 0.6) is 0 Å². The third-order valence-corrected chi connectivity index (χ3v) is 2.12. The normalized spacial score (nSPS) is 10.4. The summed E-state index contributed by atoms with van der Waals surface area (Å²) in [5.41, 5.74) is 1.36. The molecule has 0 bridgehead atoms. The van der Waals surface area contributed by atoms with E-state index in [1.165, 1.54) is 0 Å². The fourth-order valence-electron chi connectivity index (χ4n) is 1.47. The Bertz CT molecular complexity index is 473. The van der Waals surface area contributed by atoms with Crippen LogP contribution >= 0.6 is 0 Å². The second kappa shape index (κ2) is 3.14. The van der Waals surface area contributed by atoms with Crippen LogP contribution in [0.2, 0.25) is 0 Å². The Morgan fingerprint density at radius 1 is 1.43 bits per heavy atom. The number of hydrogen-bond acceptors (Lipinski definition) is 3. The molecule has 2 aromatic rings. The number of anilines is 1. The zero-order valence-corrected chi connectivity index (χ0v) is 8.14. The molecule has 0 spiro atoms. The molecular formula is C10H11N3O. The van der Waals surface area contributed by atoms with Crippen molar-refractivity contribution in [3.63, 3.8) is 0 Å². The topological polar surface area (TPSA) is 37.6 Å². The van der Waals surface area contributed by atoms with Crippen LogP contribution in [-0.4, -0.2) is 29.8 Å². The summed E-state index contributed by atoms with van der Waals surface area (Å²) in [6.45, 7) is 0. The van der Waals surface area contributed by atoms with Crippen molar-refractivity contribution in [2.24, 2.45) is 0 Å². The smallest absolute Gasteiger partial charge is 0.168 e. The quantitative estimate of drug-likeness (QED) is 0.666. The Morgan fingerprint density at radius 3 is 2.86 bits per heavy atom. The molecule has 0 fully saturated rings. The minimum atomic E-state index is 0.573. The lowest BCUT2D eigenvalue weighted by Crippen LogP contribution is -2.13. The van der Waals surface area contributed by atoms with Gasteiger partial charge in [0.25, 0.3) is 0 Å². The molecule has 2 aromatic heterocycles. The van der Waals surface area contributed by atoms with E-state index < -0.39 is 0 Å². The maximum atomic E-state index is 10.8. The van der Waals surface area contributed by atoms with Gasteiger partial charge in [-0.15, -0.1) is 0 Å². The molecule has 0 aliphatic heterocycles. The monoisotopic (exact) mass is 189 g/mol. The molecule has 0 N–H and O–H groups in total. The third kappa shape index (κ3) is 1.16. The lowest BCUT2D eigenvalue weighted by atomic mass is 10.4. The first-order valence-corrected chi connectivity index (χ1v) is 4.33. The van der Waals surface area contributed by atoms with E-state index in [1.807, 2.05) is 41.6 Å². The summed E-state index contributed by atoms with van der Waals surface area (Å²) in [7, 11) is 3.87. The van der Waals surface area contributed by atoms with Crippen LogP contribution in [0.3, 0.4) is 0 Å². The number of imidazole rings is 1. The number of aromatic nitrogens is 2. The van der Waals surface area contributed by atoms with E-state index in [-0.39, 0.29) is 0 Å². The van der Waals surface area contributed by atoms with Crippen LogP contribution in [0.4, 0.5) is 5.82 Å². The van der Waals surface area contributed by atoms with Gasteiger partial charge < -0.3 is 4.90 Å². The van der Waals surface area contributed by atoms with Crippen LogP contribution in [0.1, 0.15) is 10.5 Å². The first-order chi connectivity index (χ1) is 6.74. The van der Waals surface area contributed by atoms with Crippen LogP contribution in [0.15, 0.2) is 24.4 Å². The summed E-state index contributed by atoms with van der Waals surface area (Å²) in [6.07, 6.45) is 2.39. The Kier molecular flexibility index (Phi) is 1.96. The Balaban J connectivity index is 2.81. The molecule has 72 valence electrons. The number of rotatable bonds is 2. The lowest BCUT2D eigenvalue weighted by molar-refractivity contribution is 0.111. The van der Waals surface area contributed by atoms with E-state index in [1.54, 1.807) is 6.20 Å². The Morgan fingerprint density at radius 2 is 2.21 bits per heavy atom. The number of carbonyl (C=O) groups is 1. The van der Waals surface area contributed by atoms with Gasteiger partial charge in [-0.2, -0.15) is 0 Å². The molecule has 2 heterocycles. The molecule has 0 amide bonds. The highest BCUT2D eigenvalue weighted by Gasteiger charge is 2.06. The molecule has 0 unspecified atom stereocenters. The van der Waals surface area contributed by atoms with E-state index in [4.69, 9.17) is 0 Å². The third-order valence-electron chi connectivity index (χ3n) is 2.12. The number of carbonyl (C=O) groups excluding carboxylic acids is 1. The van der Waals surface area contributed by atoms with Gasteiger partial charge in [0, 0.05) is 14.1 Å². The largest absolute Gasteiger partial charge is 0.364 e. The maximum Gasteiger partial charge on any atom is 0.168 e. The molecule has 2 rings (SSSR count). The fraction of sp³-hybridized carbons (Fsp3) is 0.200. The van der Waals surface area contributed by atoms with Crippen LogP contribution in [0.25, 0.3) is 5.65 Å². The second-order valence-corrected chi connectivity index (χ2v) is 3.27. The zero-order valence-electron chi connectivity index (χ0n) is 8.14. The SMILES string of the molecule is CN(C)c1cccc2ncc(C=O)n12. The molecular weight excluding hydrogens is 178 g/mol. The molecule has 0 saturated carbocycles. The van der Waals surface area contributed by atoms with E-state index in [2.05, 4.69) is 4.98 Å². The van der Waals surface area contributed by atoms with Gasteiger partial charge in [-0.05, 0) is 12.1 Å². The molecule has 14 heavy (non-hydrogen) atoms. The predicted octanol–water partition coefficient (Wildman–Crippen LogP) is 1.21. The summed E-state index contributed by atoms with van der Waals surface area (Å²) >= 11 is 0. The van der Waals surface area contributed by atoms with Crippen LogP contribution in [0, 0.1) is 0 Å². The summed E-state index contributed by atoms with van der Waals surface area (Å²) in [5, 5.41) is 0. The van der Waals surface area contributed by atoms with Crippen molar-refractivity contribution in [2.45, 2.75) is 0 Å². The molecule has 0 aliphatic carbocycles. The van der Waals surface area contributed by atoms with Crippen molar-refractivity contribution in [2.75, 3.05) is 19.0 Å². The minimum Gasteiger partial charge on any atom is -0.364 e. The molecule has 4 nitrogen and oxygen atoms in total. The van der Waals surface area contributed by atoms with Gasteiger partial charge in [-0.1, -0.05) is 6.07 Å². The molecule has 0 aromatic carbocycles. The predicted molar refractivity (Wildman–Crippen MR) is 54.9 cm³/mol. The van der Waals surface area contributed by atoms with Gasteiger partial charge in [0.05, 0.1) is 6.20 Å². The van der Waals surface area contributed by atoms with Crippen molar-refractivity contribution in [3.8, 4) is 0 Å². The van der Waals surface area contributed by atoms with Crippen LogP contribution < -0.4 is 4.90 Å². The fourth-order valence-corrected chi connectivity index (χ4v) is 1.47. The van der Waals surface area contributed by atoms with Gasteiger partial charge in [-0.25, -0.2) is 4.98 Å². The van der Waals surface area contributed by atoms with Crippen molar-refractivity contribution >= 4 is 17.8 Å². The standard InChI is InChI=1S/C10H11N3O/c1-12(2)10-5-3-4-9-11-6-8(7-14)13(9)10/h3-7H,1-2H3. The van der Waals surface area contributed by atoms with Gasteiger partial charge in [0.1, 0.15) is 17.2 Å². The van der Waals surface area contributed by atoms with E-state index in [0.717, 1.165) is 17.8 Å². The molecule has 4 heteroatoms. The number of hydrogen-bond donors (Lipinski definition) is 0. The van der Waals surface area contributed by atoms with Crippen molar-refractivity contribution < 1.29 is 4.79 Å². The number of aldehydes is 1. The zero-order chi connectivity index (χ0) is 10.1. The van der Waals surface area contributed by atoms with E-state index in [0.29, 0.717) is 5.69 Å². The van der Waals surface area contributed by atoms with Crippen molar-refractivity contribution in [1.29, 1.82) is 0 Å². The summed E-state index contributed by atoms with van der Waals surface area (Å²) in [5.74, 6) is 0.946. The Hall–Kier alpha value is -1.84. The maximum absolute atomic E-state index is 10.8. The summed E-state index contributed by atoms with van der Waals surface area (Å²) in [6, 6.07) is 5.74. The van der Waals surface area contributed by atoms with E-state index in [9.17, 15) is 4.79 Å². The van der Waals surface area contributed by atoms with Gasteiger partial charge >= 0.3 is 0 Å². The summed E-state index contributed by atoms with van der Waals surface area (Å²) < 4.78 is 1.83. The van der Waals surface area contributed by atoms with Gasteiger partial charge in [-0.3, -0.25) is 9.20 Å². The highest BCUT2D eigenvalue weighted by molar-refractivity contribution is 5.75. The van der Waals surface area contributed by atoms with Crippen molar-refractivity contribution in [1.82, 2.24) is 9.38 Å². The average Bonchev–Trinajstić information content (AvgIpc) is 2.59. The second-order valence-electron chi connectivity index (χ2n) is 3.27. The number of fused-ring (bicyclic) bond motifs is 1. The molecule has 0 atom stereocenters. The number of nitrogens with zero attached hydrogens (tertiary/aromatic N) is 3. The van der Waals surface area contributed by atoms with Crippen molar-refractivity contribution in [3.05, 3.63) is 30.1 Å². The minimum absolute atomic E-state index is 0.573. The molecule has 0 radical (unpaired) electrons. The first kappa shape index (κ1) is 8.74. The highest BCUT2D eigenvalue weighted by atomic mass is 16.1.